The minimum Gasteiger partial charge on any atom is -0.449 e. The lowest BCUT2D eigenvalue weighted by Gasteiger charge is -2.27. The molecule has 3 rings (SSSR count). The quantitative estimate of drug-likeness (QED) is 0.248. The van der Waals surface area contributed by atoms with Crippen LogP contribution in [-0.4, -0.2) is 75.2 Å². The lowest BCUT2D eigenvalue weighted by molar-refractivity contribution is -0.171. The molecule has 0 aromatic carbocycles. The molecule has 1 fully saturated rings. The summed E-state index contributed by atoms with van der Waals surface area (Å²) < 4.78 is 23.1. The highest BCUT2D eigenvalue weighted by atomic mass is 16.7. The van der Waals surface area contributed by atoms with Gasteiger partial charge in [-0.25, -0.2) is 14.3 Å². The number of carbonyl (C=O) groups excluding carboxylic acids is 2. The third-order valence-electron chi connectivity index (χ3n) is 5.99. The number of hydrogen-bond donors (Lipinski definition) is 3. The number of nitrogens with one attached hydrogen (secondary N) is 1. The zero-order valence-corrected chi connectivity index (χ0v) is 21.4. The molecule has 3 heterocycles. The zero-order chi connectivity index (χ0) is 26.5. The fourth-order valence-corrected chi connectivity index (χ4v) is 3.86. The predicted molar refractivity (Wildman–Crippen MR) is 128 cm³/mol. The largest absolute Gasteiger partial charge is 0.449 e. The Bertz CT molecular complexity index is 1050. The van der Waals surface area contributed by atoms with Gasteiger partial charge in [-0.2, -0.15) is 5.10 Å². The van der Waals surface area contributed by atoms with Gasteiger partial charge in [0.05, 0.1) is 24.3 Å². The van der Waals surface area contributed by atoms with Crippen LogP contribution >= 0.6 is 0 Å². The van der Waals surface area contributed by atoms with E-state index in [2.05, 4.69) is 22.3 Å². The molecule has 1 aliphatic heterocycles. The SMILES string of the molecule is CCCCCOC(=O)Nc1ncnn2c([C@]3(C)O[C@H](COCOC(=O)C(C)(C)C)[C@@H](O)[C@H]3O)ccc12. The first-order valence-electron chi connectivity index (χ1n) is 12.0. The van der Waals surface area contributed by atoms with Crippen LogP contribution in [-0.2, 0) is 29.3 Å². The Labute approximate surface area is 209 Å². The number of ether oxygens (including phenoxy) is 4. The van der Waals surface area contributed by atoms with E-state index in [9.17, 15) is 19.8 Å². The lowest BCUT2D eigenvalue weighted by atomic mass is 9.93. The number of hydrogen-bond acceptors (Lipinski definition) is 10. The van der Waals surface area contributed by atoms with Crippen molar-refractivity contribution in [1.29, 1.82) is 0 Å². The number of aliphatic hydroxyl groups is 2. The maximum absolute atomic E-state index is 12.2. The van der Waals surface area contributed by atoms with Crippen molar-refractivity contribution in [1.82, 2.24) is 14.6 Å². The smallest absolute Gasteiger partial charge is 0.412 e. The highest BCUT2D eigenvalue weighted by molar-refractivity contribution is 5.88. The first-order chi connectivity index (χ1) is 17.0. The summed E-state index contributed by atoms with van der Waals surface area (Å²) in [6, 6.07) is 3.34. The van der Waals surface area contributed by atoms with Crippen LogP contribution in [0.2, 0.25) is 0 Å². The number of nitrogens with zero attached hydrogens (tertiary/aromatic N) is 3. The molecule has 0 bridgehead atoms. The molecule has 1 aliphatic rings. The normalized spacial score (nSPS) is 24.1. The number of anilines is 1. The highest BCUT2D eigenvalue weighted by Crippen LogP contribution is 2.40. The van der Waals surface area contributed by atoms with Gasteiger partial charge in [0.25, 0.3) is 0 Å². The molecule has 1 amide bonds. The van der Waals surface area contributed by atoms with Crippen LogP contribution in [0.3, 0.4) is 0 Å². The third kappa shape index (κ3) is 6.12. The first-order valence-corrected chi connectivity index (χ1v) is 12.0. The third-order valence-corrected chi connectivity index (χ3v) is 5.99. The van der Waals surface area contributed by atoms with Gasteiger partial charge in [-0.05, 0) is 46.2 Å². The Kier molecular flexibility index (Phi) is 8.88. The summed E-state index contributed by atoms with van der Waals surface area (Å²) in [7, 11) is 0. The number of rotatable bonds is 10. The number of fused-ring (bicyclic) bond motifs is 1. The second-order valence-electron chi connectivity index (χ2n) is 9.96. The van der Waals surface area contributed by atoms with Gasteiger partial charge in [-0.1, -0.05) is 19.8 Å². The van der Waals surface area contributed by atoms with Crippen molar-refractivity contribution >= 4 is 23.4 Å². The molecule has 0 saturated carbocycles. The summed E-state index contributed by atoms with van der Waals surface area (Å²) in [6.45, 7) is 8.76. The van der Waals surface area contributed by atoms with Gasteiger partial charge in [0.2, 0.25) is 0 Å². The molecule has 1 saturated heterocycles. The number of aliphatic hydroxyl groups excluding tert-OH is 2. The molecule has 4 atom stereocenters. The Morgan fingerprint density at radius 2 is 1.97 bits per heavy atom. The minimum atomic E-state index is -1.35. The molecule has 12 heteroatoms. The van der Waals surface area contributed by atoms with Gasteiger partial charge >= 0.3 is 12.1 Å². The second-order valence-corrected chi connectivity index (χ2v) is 9.96. The maximum atomic E-state index is 12.2. The topological polar surface area (TPSA) is 154 Å². The Morgan fingerprint density at radius 3 is 2.67 bits per heavy atom. The molecule has 0 unspecified atom stereocenters. The van der Waals surface area contributed by atoms with E-state index in [4.69, 9.17) is 18.9 Å². The van der Waals surface area contributed by atoms with E-state index >= 15 is 0 Å². The van der Waals surface area contributed by atoms with Gasteiger partial charge in [0, 0.05) is 0 Å². The van der Waals surface area contributed by atoms with Crippen molar-refractivity contribution in [2.45, 2.75) is 77.8 Å². The number of aromatic nitrogens is 3. The summed E-state index contributed by atoms with van der Waals surface area (Å²) in [5.74, 6) is -0.192. The lowest BCUT2D eigenvalue weighted by Crippen LogP contribution is -2.39. The molecule has 12 nitrogen and oxygen atoms in total. The standard InChI is InChI=1S/C24H36N4O8/c1-6-7-8-11-34-22(32)27-20-15-9-10-17(28(15)26-13-25-20)24(5)19(30)18(29)16(36-24)12-33-14-35-21(31)23(2,3)4/h9-10,13,16,18-19,29-30H,6-8,11-12,14H2,1-5H3,(H,25,26,27,32)/t16-,18-,19-,24+/m1/s1. The van der Waals surface area contributed by atoms with Crippen molar-refractivity contribution in [2.24, 2.45) is 5.41 Å². The molecule has 0 aliphatic carbocycles. The molecular weight excluding hydrogens is 472 g/mol. The van der Waals surface area contributed by atoms with Crippen molar-refractivity contribution in [3.63, 3.8) is 0 Å². The van der Waals surface area contributed by atoms with Crippen LogP contribution in [0, 0.1) is 5.41 Å². The molecule has 2 aromatic rings. The van der Waals surface area contributed by atoms with Crippen LogP contribution in [0.1, 0.15) is 59.6 Å². The van der Waals surface area contributed by atoms with E-state index in [-0.39, 0.29) is 19.2 Å². The summed E-state index contributed by atoms with van der Waals surface area (Å²) in [4.78, 5) is 28.1. The average Bonchev–Trinajstić information content (AvgIpc) is 3.36. The van der Waals surface area contributed by atoms with Gasteiger partial charge in [0.15, 0.2) is 12.6 Å². The van der Waals surface area contributed by atoms with Crippen LogP contribution in [0.15, 0.2) is 18.5 Å². The number of esters is 1. The number of carbonyl (C=O) groups is 2. The van der Waals surface area contributed by atoms with E-state index in [1.165, 1.54) is 10.8 Å². The molecular formula is C24H36N4O8. The van der Waals surface area contributed by atoms with Gasteiger partial charge in [-0.3, -0.25) is 10.1 Å². The maximum Gasteiger partial charge on any atom is 0.412 e. The number of unbranched alkanes of at least 4 members (excludes halogenated alkanes) is 2. The molecule has 0 spiro atoms. The Balaban J connectivity index is 1.68. The molecule has 200 valence electrons. The van der Waals surface area contributed by atoms with E-state index in [0.29, 0.717) is 17.8 Å². The van der Waals surface area contributed by atoms with Crippen LogP contribution in [0.25, 0.3) is 5.52 Å². The minimum absolute atomic E-state index is 0.111. The first kappa shape index (κ1) is 27.8. The number of amides is 1. The summed E-state index contributed by atoms with van der Waals surface area (Å²) in [6.07, 6.45) is -0.0731. The summed E-state index contributed by atoms with van der Waals surface area (Å²) in [5.41, 5.74) is -1.13. The van der Waals surface area contributed by atoms with Gasteiger partial charge in [-0.15, -0.1) is 0 Å². The van der Waals surface area contributed by atoms with Crippen molar-refractivity contribution in [3.8, 4) is 0 Å². The summed E-state index contributed by atoms with van der Waals surface area (Å²) >= 11 is 0. The van der Waals surface area contributed by atoms with Crippen LogP contribution < -0.4 is 5.32 Å². The van der Waals surface area contributed by atoms with Crippen molar-refractivity contribution < 1.29 is 38.7 Å². The van der Waals surface area contributed by atoms with Crippen LogP contribution in [0.5, 0.6) is 0 Å². The second kappa shape index (κ2) is 11.5. The van der Waals surface area contributed by atoms with Gasteiger partial charge in [0.1, 0.15) is 35.8 Å². The van der Waals surface area contributed by atoms with Gasteiger partial charge < -0.3 is 29.2 Å². The zero-order valence-electron chi connectivity index (χ0n) is 21.4. The monoisotopic (exact) mass is 508 g/mol. The Morgan fingerprint density at radius 1 is 1.22 bits per heavy atom. The molecule has 0 radical (unpaired) electrons. The molecule has 2 aromatic heterocycles. The molecule has 36 heavy (non-hydrogen) atoms. The van der Waals surface area contributed by atoms with Crippen LogP contribution in [0.4, 0.5) is 10.6 Å². The summed E-state index contributed by atoms with van der Waals surface area (Å²) in [5, 5.41) is 28.3. The highest BCUT2D eigenvalue weighted by Gasteiger charge is 2.53. The predicted octanol–water partition coefficient (Wildman–Crippen LogP) is 2.37. The molecule has 3 N–H and O–H groups in total. The van der Waals surface area contributed by atoms with Crippen molar-refractivity contribution in [2.75, 3.05) is 25.3 Å². The van der Waals surface area contributed by atoms with E-state index < -0.39 is 41.4 Å². The fraction of sp³-hybridized carbons (Fsp3) is 0.667. The fourth-order valence-electron chi connectivity index (χ4n) is 3.86. The van der Waals surface area contributed by atoms with E-state index in [0.717, 1.165) is 19.3 Å². The van der Waals surface area contributed by atoms with E-state index in [1.807, 2.05) is 0 Å². The van der Waals surface area contributed by atoms with E-state index in [1.54, 1.807) is 39.8 Å². The van der Waals surface area contributed by atoms with Crippen molar-refractivity contribution in [3.05, 3.63) is 24.2 Å². The average molecular weight is 509 g/mol. The Hall–Kier alpha value is -2.80.